The van der Waals surface area contributed by atoms with Crippen molar-refractivity contribution in [3.8, 4) is 0 Å². The molecular weight excluding hydrogens is 272 g/mol. The van der Waals surface area contributed by atoms with E-state index >= 15 is 0 Å². The topological polar surface area (TPSA) is 91.7 Å². The van der Waals surface area contributed by atoms with E-state index in [0.29, 0.717) is 17.8 Å². The molecule has 2 atom stereocenters. The highest BCUT2D eigenvalue weighted by Gasteiger charge is 2.36. The van der Waals surface area contributed by atoms with Crippen LogP contribution in [0.5, 0.6) is 0 Å². The Morgan fingerprint density at radius 3 is 2.90 bits per heavy atom. The van der Waals surface area contributed by atoms with Crippen molar-refractivity contribution in [2.45, 2.75) is 50.9 Å². The van der Waals surface area contributed by atoms with Gasteiger partial charge in [-0.25, -0.2) is 0 Å². The Balaban J connectivity index is 2.07. The lowest BCUT2D eigenvalue weighted by Gasteiger charge is -2.21. The summed E-state index contributed by atoms with van der Waals surface area (Å²) in [7, 11) is 0. The number of hydrogen-bond donors (Lipinski definition) is 3. The predicted molar refractivity (Wildman–Crippen MR) is 77.7 cm³/mol. The van der Waals surface area contributed by atoms with E-state index in [0.717, 1.165) is 6.42 Å². The first-order valence-corrected chi connectivity index (χ1v) is 7.02. The molecule has 2 heterocycles. The normalized spacial score (nSPS) is 23.6. The van der Waals surface area contributed by atoms with Crippen LogP contribution in [0.1, 0.15) is 39.3 Å². The lowest BCUT2D eigenvalue weighted by Crippen LogP contribution is -2.31. The quantitative estimate of drug-likeness (QED) is 0.775. The standard InChI is InChI=1S/C15H22N2O4/c1-14(2)6-4-11(21-14)13(19)17-10-5-7-16-12(8-10)15(3,20)9-18/h5,7-8,11,18,20H,4,6,9H2,1-3H3,(H,16,17,19)/t11?,15-/m1/s1. The van der Waals surface area contributed by atoms with E-state index in [2.05, 4.69) is 10.3 Å². The van der Waals surface area contributed by atoms with Crippen LogP contribution in [0.4, 0.5) is 5.69 Å². The molecule has 1 fully saturated rings. The van der Waals surface area contributed by atoms with E-state index in [1.165, 1.54) is 13.1 Å². The molecule has 0 aromatic carbocycles. The summed E-state index contributed by atoms with van der Waals surface area (Å²) in [4.78, 5) is 16.2. The summed E-state index contributed by atoms with van der Waals surface area (Å²) in [6.45, 7) is 4.94. The number of aromatic nitrogens is 1. The van der Waals surface area contributed by atoms with Crippen molar-refractivity contribution in [1.82, 2.24) is 4.98 Å². The van der Waals surface area contributed by atoms with Gasteiger partial charge >= 0.3 is 0 Å². The number of rotatable bonds is 4. The third-order valence-corrected chi connectivity index (χ3v) is 3.65. The number of anilines is 1. The highest BCUT2D eigenvalue weighted by Crippen LogP contribution is 2.30. The van der Waals surface area contributed by atoms with E-state index in [1.54, 1.807) is 12.1 Å². The first kappa shape index (κ1) is 15.9. The molecule has 1 saturated heterocycles. The molecule has 21 heavy (non-hydrogen) atoms. The molecule has 1 amide bonds. The fourth-order valence-corrected chi connectivity index (χ4v) is 2.27. The molecule has 1 aliphatic rings. The number of nitrogens with zero attached hydrogens (tertiary/aromatic N) is 1. The average Bonchev–Trinajstić information content (AvgIpc) is 2.79. The van der Waals surface area contributed by atoms with Gasteiger partial charge in [-0.05, 0) is 45.7 Å². The summed E-state index contributed by atoms with van der Waals surface area (Å²) in [5.74, 6) is -0.207. The van der Waals surface area contributed by atoms with Crippen LogP contribution in [0.25, 0.3) is 0 Å². The van der Waals surface area contributed by atoms with Crippen molar-refractivity contribution in [2.24, 2.45) is 0 Å². The number of amides is 1. The van der Waals surface area contributed by atoms with Gasteiger partial charge in [-0.2, -0.15) is 0 Å². The number of pyridine rings is 1. The molecule has 0 bridgehead atoms. The van der Waals surface area contributed by atoms with Gasteiger partial charge in [0.1, 0.15) is 11.7 Å². The molecule has 2 rings (SSSR count). The Bertz CT molecular complexity index is 528. The molecule has 1 aromatic heterocycles. The summed E-state index contributed by atoms with van der Waals surface area (Å²) in [5.41, 5.74) is -0.888. The molecule has 116 valence electrons. The van der Waals surface area contributed by atoms with Crippen molar-refractivity contribution in [3.05, 3.63) is 24.0 Å². The maximum Gasteiger partial charge on any atom is 0.253 e. The zero-order chi connectivity index (χ0) is 15.7. The SMILES string of the molecule is CC1(C)CCC(C(=O)Nc2ccnc([C@](C)(O)CO)c2)O1. The largest absolute Gasteiger partial charge is 0.393 e. The van der Waals surface area contributed by atoms with Gasteiger partial charge in [0.25, 0.3) is 5.91 Å². The Morgan fingerprint density at radius 1 is 1.62 bits per heavy atom. The van der Waals surface area contributed by atoms with Gasteiger partial charge in [0.05, 0.1) is 17.9 Å². The maximum atomic E-state index is 12.2. The van der Waals surface area contributed by atoms with Crippen LogP contribution < -0.4 is 5.32 Å². The predicted octanol–water partition coefficient (Wildman–Crippen LogP) is 1.18. The number of aliphatic hydroxyl groups is 2. The summed E-state index contributed by atoms with van der Waals surface area (Å²) in [6, 6.07) is 3.18. The molecule has 1 aromatic rings. The van der Waals surface area contributed by atoms with Gasteiger partial charge in [0.2, 0.25) is 0 Å². The minimum absolute atomic E-state index is 0.207. The van der Waals surface area contributed by atoms with Crippen LogP contribution in [-0.2, 0) is 15.1 Å². The smallest absolute Gasteiger partial charge is 0.253 e. The van der Waals surface area contributed by atoms with Crippen LogP contribution in [-0.4, -0.2) is 39.4 Å². The van der Waals surface area contributed by atoms with Crippen LogP contribution in [0.2, 0.25) is 0 Å². The van der Waals surface area contributed by atoms with Crippen molar-refractivity contribution < 1.29 is 19.7 Å². The Morgan fingerprint density at radius 2 is 2.33 bits per heavy atom. The summed E-state index contributed by atoms with van der Waals surface area (Å²) in [5, 5.41) is 21.9. The lowest BCUT2D eigenvalue weighted by atomic mass is 10.0. The summed E-state index contributed by atoms with van der Waals surface area (Å²) in [6.07, 6.45) is 2.54. The third kappa shape index (κ3) is 3.78. The van der Waals surface area contributed by atoms with Crippen LogP contribution in [0.15, 0.2) is 18.3 Å². The van der Waals surface area contributed by atoms with Gasteiger partial charge in [0, 0.05) is 11.9 Å². The van der Waals surface area contributed by atoms with Crippen LogP contribution in [0.3, 0.4) is 0 Å². The molecule has 0 spiro atoms. The van der Waals surface area contributed by atoms with E-state index in [-0.39, 0.29) is 11.5 Å². The lowest BCUT2D eigenvalue weighted by molar-refractivity contribution is -0.129. The summed E-state index contributed by atoms with van der Waals surface area (Å²) >= 11 is 0. The number of nitrogens with one attached hydrogen (secondary N) is 1. The van der Waals surface area contributed by atoms with E-state index in [1.807, 2.05) is 13.8 Å². The van der Waals surface area contributed by atoms with Crippen LogP contribution in [0, 0.1) is 0 Å². The van der Waals surface area contributed by atoms with Crippen molar-refractivity contribution >= 4 is 11.6 Å². The molecule has 0 saturated carbocycles. The first-order chi connectivity index (χ1) is 9.73. The van der Waals surface area contributed by atoms with Crippen molar-refractivity contribution in [2.75, 3.05) is 11.9 Å². The molecule has 0 radical (unpaired) electrons. The Labute approximate surface area is 124 Å². The van der Waals surface area contributed by atoms with Gasteiger partial charge in [0.15, 0.2) is 0 Å². The highest BCUT2D eigenvalue weighted by atomic mass is 16.5. The van der Waals surface area contributed by atoms with Gasteiger partial charge in [-0.15, -0.1) is 0 Å². The van der Waals surface area contributed by atoms with E-state index in [9.17, 15) is 9.90 Å². The number of hydrogen-bond acceptors (Lipinski definition) is 5. The van der Waals surface area contributed by atoms with E-state index in [4.69, 9.17) is 9.84 Å². The monoisotopic (exact) mass is 294 g/mol. The first-order valence-electron chi connectivity index (χ1n) is 7.02. The second-order valence-electron chi connectivity index (χ2n) is 6.26. The zero-order valence-corrected chi connectivity index (χ0v) is 12.6. The molecule has 3 N–H and O–H groups in total. The van der Waals surface area contributed by atoms with Crippen molar-refractivity contribution in [3.63, 3.8) is 0 Å². The fourth-order valence-electron chi connectivity index (χ4n) is 2.27. The molecular formula is C15H22N2O4. The summed E-state index contributed by atoms with van der Waals surface area (Å²) < 4.78 is 5.68. The highest BCUT2D eigenvalue weighted by molar-refractivity contribution is 5.94. The minimum atomic E-state index is -1.44. The molecule has 1 unspecified atom stereocenters. The molecule has 0 aliphatic carbocycles. The second kappa shape index (κ2) is 5.71. The van der Waals surface area contributed by atoms with Gasteiger partial charge in [-0.3, -0.25) is 9.78 Å². The third-order valence-electron chi connectivity index (χ3n) is 3.65. The van der Waals surface area contributed by atoms with E-state index < -0.39 is 18.3 Å². The number of carbonyl (C=O) groups excluding carboxylic acids is 1. The average molecular weight is 294 g/mol. The van der Waals surface area contributed by atoms with Crippen LogP contribution >= 0.6 is 0 Å². The molecule has 1 aliphatic heterocycles. The zero-order valence-electron chi connectivity index (χ0n) is 12.6. The number of carbonyl (C=O) groups is 1. The maximum absolute atomic E-state index is 12.2. The number of aliphatic hydroxyl groups excluding tert-OH is 1. The fraction of sp³-hybridized carbons (Fsp3) is 0.600. The molecule has 6 heteroatoms. The molecule has 6 nitrogen and oxygen atoms in total. The Kier molecular flexibility index (Phi) is 4.32. The van der Waals surface area contributed by atoms with Gasteiger partial charge in [-0.1, -0.05) is 0 Å². The minimum Gasteiger partial charge on any atom is -0.393 e. The van der Waals surface area contributed by atoms with Gasteiger partial charge < -0.3 is 20.3 Å². The second-order valence-corrected chi connectivity index (χ2v) is 6.26. The van der Waals surface area contributed by atoms with Crippen molar-refractivity contribution in [1.29, 1.82) is 0 Å². The number of ether oxygens (including phenoxy) is 1. The Hall–Kier alpha value is -1.50.